The molecule has 0 aromatic carbocycles. The highest BCUT2D eigenvalue weighted by Crippen LogP contribution is 2.06. The van der Waals surface area contributed by atoms with Crippen LogP contribution in [0.25, 0.3) is 0 Å². The van der Waals surface area contributed by atoms with Crippen molar-refractivity contribution in [2.24, 2.45) is 0 Å². The largest absolute Gasteiger partial charge is 0.284 e. The smallest absolute Gasteiger partial charge is 0.243 e. The van der Waals surface area contributed by atoms with Crippen molar-refractivity contribution in [1.82, 2.24) is 14.9 Å². The van der Waals surface area contributed by atoms with Crippen molar-refractivity contribution in [3.05, 3.63) is 25.0 Å². The average Bonchev–Trinajstić information content (AvgIpc) is 2.54. The van der Waals surface area contributed by atoms with Crippen molar-refractivity contribution >= 4 is 10.0 Å². The summed E-state index contributed by atoms with van der Waals surface area (Å²) in [4.78, 5) is 0.147. The Balaban J connectivity index is 2.73. The molecule has 1 rings (SSSR count). The molecule has 0 bridgehead atoms. The molecule has 0 fully saturated rings. The molecule has 0 aliphatic rings. The molecule has 5 nitrogen and oxygen atoms in total. The van der Waals surface area contributed by atoms with Crippen molar-refractivity contribution < 1.29 is 8.42 Å². The first-order valence-electron chi connectivity index (χ1n) is 4.18. The van der Waals surface area contributed by atoms with Gasteiger partial charge in [0, 0.05) is 12.2 Å². The van der Waals surface area contributed by atoms with Crippen molar-refractivity contribution in [3.8, 4) is 0 Å². The monoisotopic (exact) mass is 215 g/mol. The zero-order valence-electron chi connectivity index (χ0n) is 7.90. The minimum absolute atomic E-state index is 0.147. The van der Waals surface area contributed by atoms with Gasteiger partial charge in [-0.25, -0.2) is 13.1 Å². The summed E-state index contributed by atoms with van der Waals surface area (Å²) < 4.78 is 25.6. The number of hydrogen-bond acceptors (Lipinski definition) is 3. The zero-order valence-corrected chi connectivity index (χ0v) is 8.71. The molecule has 14 heavy (non-hydrogen) atoms. The maximum atomic E-state index is 11.6. The Morgan fingerprint density at radius 3 is 3.00 bits per heavy atom. The lowest BCUT2D eigenvalue weighted by molar-refractivity contribution is 0.562. The second-order valence-corrected chi connectivity index (χ2v) is 4.69. The fraction of sp³-hybridized carbons (Fsp3) is 0.375. The van der Waals surface area contributed by atoms with E-state index >= 15 is 0 Å². The van der Waals surface area contributed by atoms with Gasteiger partial charge in [0.15, 0.2) is 0 Å². The first-order chi connectivity index (χ1) is 6.56. The summed E-state index contributed by atoms with van der Waals surface area (Å²) in [5, 5.41) is 6.03. The third kappa shape index (κ3) is 2.68. The summed E-state index contributed by atoms with van der Waals surface area (Å²) in [6, 6.07) is -0.160. The molecule has 1 unspecified atom stereocenters. The van der Waals surface area contributed by atoms with Gasteiger partial charge in [-0.2, -0.15) is 5.10 Å². The molecule has 1 atom stereocenters. The van der Waals surface area contributed by atoms with Gasteiger partial charge in [-0.15, -0.1) is 6.58 Å². The van der Waals surface area contributed by atoms with Crippen LogP contribution in [0.15, 0.2) is 29.9 Å². The van der Waals surface area contributed by atoms with Crippen LogP contribution in [0.3, 0.4) is 0 Å². The minimum atomic E-state index is -3.43. The number of aromatic amines is 1. The van der Waals surface area contributed by atoms with Gasteiger partial charge in [-0.1, -0.05) is 6.08 Å². The molecule has 1 aromatic rings. The third-order valence-corrected chi connectivity index (χ3v) is 3.22. The van der Waals surface area contributed by atoms with Crippen LogP contribution in [0.4, 0.5) is 0 Å². The number of hydrogen-bond donors (Lipinski definition) is 2. The van der Waals surface area contributed by atoms with Crippen LogP contribution in [0.2, 0.25) is 0 Å². The minimum Gasteiger partial charge on any atom is -0.284 e. The van der Waals surface area contributed by atoms with Gasteiger partial charge in [0.25, 0.3) is 0 Å². The fourth-order valence-electron chi connectivity index (χ4n) is 1.02. The van der Waals surface area contributed by atoms with Crippen molar-refractivity contribution in [3.63, 3.8) is 0 Å². The third-order valence-electron chi connectivity index (χ3n) is 1.66. The molecule has 0 radical (unpaired) electrons. The lowest BCUT2D eigenvalue weighted by Crippen LogP contribution is -2.31. The van der Waals surface area contributed by atoms with Gasteiger partial charge in [0.1, 0.15) is 4.90 Å². The van der Waals surface area contributed by atoms with E-state index in [0.717, 1.165) is 0 Å². The number of H-pyrrole nitrogens is 1. The van der Waals surface area contributed by atoms with E-state index in [4.69, 9.17) is 0 Å². The molecule has 0 aliphatic carbocycles. The number of aromatic nitrogens is 2. The quantitative estimate of drug-likeness (QED) is 0.708. The number of nitrogens with zero attached hydrogens (tertiary/aromatic N) is 1. The lowest BCUT2D eigenvalue weighted by Gasteiger charge is -2.10. The maximum Gasteiger partial charge on any atom is 0.243 e. The van der Waals surface area contributed by atoms with E-state index in [2.05, 4.69) is 21.5 Å². The Labute approximate surface area is 83.3 Å². The topological polar surface area (TPSA) is 74.8 Å². The van der Waals surface area contributed by atoms with Crippen molar-refractivity contribution in [2.75, 3.05) is 0 Å². The first kappa shape index (κ1) is 10.9. The van der Waals surface area contributed by atoms with Gasteiger partial charge in [-0.05, 0) is 13.3 Å². The van der Waals surface area contributed by atoms with E-state index in [9.17, 15) is 8.42 Å². The molecule has 0 amide bonds. The molecule has 1 heterocycles. The molecule has 1 aromatic heterocycles. The molecule has 6 heteroatoms. The summed E-state index contributed by atoms with van der Waals surface area (Å²) in [6.07, 6.45) is 4.87. The molecule has 2 N–H and O–H groups in total. The van der Waals surface area contributed by atoms with Gasteiger partial charge >= 0.3 is 0 Å². The average molecular weight is 215 g/mol. The second-order valence-electron chi connectivity index (χ2n) is 2.98. The van der Waals surface area contributed by atoms with Gasteiger partial charge in [0.05, 0.1) is 6.20 Å². The summed E-state index contributed by atoms with van der Waals surface area (Å²) in [6.45, 7) is 5.32. The number of sulfonamides is 1. The fourth-order valence-corrected chi connectivity index (χ4v) is 2.18. The SMILES string of the molecule is C=CCC(C)NS(=O)(=O)c1cn[nH]c1. The van der Waals surface area contributed by atoms with Gasteiger partial charge < -0.3 is 0 Å². The predicted octanol–water partition coefficient (Wildman–Crippen LogP) is 0.653. The molecular formula is C8H13N3O2S. The lowest BCUT2D eigenvalue weighted by atomic mass is 10.3. The second kappa shape index (κ2) is 4.39. The molecule has 78 valence electrons. The van der Waals surface area contributed by atoms with E-state index < -0.39 is 10.0 Å². The molecular weight excluding hydrogens is 202 g/mol. The van der Waals surface area contributed by atoms with Crippen LogP contribution in [0.1, 0.15) is 13.3 Å². The van der Waals surface area contributed by atoms with E-state index in [-0.39, 0.29) is 10.9 Å². The summed E-state index contributed by atoms with van der Waals surface area (Å²) >= 11 is 0. The normalized spacial score (nSPS) is 13.8. The maximum absolute atomic E-state index is 11.6. The van der Waals surface area contributed by atoms with E-state index in [1.165, 1.54) is 12.4 Å². The number of rotatable bonds is 5. The predicted molar refractivity (Wildman–Crippen MR) is 53.2 cm³/mol. The van der Waals surface area contributed by atoms with E-state index in [0.29, 0.717) is 6.42 Å². The van der Waals surface area contributed by atoms with Crippen LogP contribution < -0.4 is 4.72 Å². The highest BCUT2D eigenvalue weighted by molar-refractivity contribution is 7.89. The van der Waals surface area contributed by atoms with Crippen LogP contribution in [0, 0.1) is 0 Å². The zero-order chi connectivity index (χ0) is 10.6. The Bertz CT molecular complexity index is 383. The van der Waals surface area contributed by atoms with Gasteiger partial charge in [0.2, 0.25) is 10.0 Å². The molecule has 0 spiro atoms. The van der Waals surface area contributed by atoms with Crippen LogP contribution >= 0.6 is 0 Å². The van der Waals surface area contributed by atoms with E-state index in [1.54, 1.807) is 13.0 Å². The van der Waals surface area contributed by atoms with Crippen molar-refractivity contribution in [1.29, 1.82) is 0 Å². The Kier molecular flexibility index (Phi) is 3.43. The molecule has 0 saturated heterocycles. The van der Waals surface area contributed by atoms with Crippen molar-refractivity contribution in [2.45, 2.75) is 24.3 Å². The number of nitrogens with one attached hydrogen (secondary N) is 2. The van der Waals surface area contributed by atoms with Crippen LogP contribution in [0.5, 0.6) is 0 Å². The standard InChI is InChI=1S/C8H13N3O2S/c1-3-4-7(2)11-14(12,13)8-5-9-10-6-8/h3,5-7,11H,1,4H2,2H3,(H,9,10). The Hall–Kier alpha value is -1.14. The first-order valence-corrected chi connectivity index (χ1v) is 5.66. The summed E-state index contributed by atoms with van der Waals surface area (Å²) in [5.41, 5.74) is 0. The Morgan fingerprint density at radius 1 is 1.79 bits per heavy atom. The van der Waals surface area contributed by atoms with Crippen LogP contribution in [-0.2, 0) is 10.0 Å². The highest BCUT2D eigenvalue weighted by Gasteiger charge is 2.17. The van der Waals surface area contributed by atoms with Gasteiger partial charge in [-0.3, -0.25) is 5.10 Å². The van der Waals surface area contributed by atoms with Crippen LogP contribution in [-0.4, -0.2) is 24.7 Å². The Morgan fingerprint density at radius 2 is 2.50 bits per heavy atom. The molecule has 0 saturated carbocycles. The summed E-state index contributed by atoms with van der Waals surface area (Å²) in [5.74, 6) is 0. The summed E-state index contributed by atoms with van der Waals surface area (Å²) in [7, 11) is -3.43. The van der Waals surface area contributed by atoms with E-state index in [1.807, 2.05) is 0 Å². The molecule has 0 aliphatic heterocycles. The highest BCUT2D eigenvalue weighted by atomic mass is 32.2.